The standard InChI is InChI=1S/C22H32O2/c1-17-15-21-20(22(21)16-17)8-4-3-7-18-9-11-19(12-10-18)24-14-6-5-13-23-2/h9-12,20-22H,1,3-8,13-16H2,2H3. The van der Waals surface area contributed by atoms with E-state index in [0.29, 0.717) is 0 Å². The molecular weight excluding hydrogens is 296 g/mol. The summed E-state index contributed by atoms with van der Waals surface area (Å²) in [4.78, 5) is 0. The molecule has 2 aliphatic carbocycles. The first kappa shape index (κ1) is 17.5. The zero-order valence-electron chi connectivity index (χ0n) is 15.1. The largest absolute Gasteiger partial charge is 0.494 e. The van der Waals surface area contributed by atoms with Crippen molar-refractivity contribution >= 4 is 0 Å². The molecule has 132 valence electrons. The average Bonchev–Trinajstić information content (AvgIpc) is 3.05. The normalized spacial score (nSPS) is 24.9. The Balaban J connectivity index is 1.26. The van der Waals surface area contributed by atoms with Crippen LogP contribution < -0.4 is 4.74 Å². The van der Waals surface area contributed by atoms with Crippen molar-refractivity contribution in [1.82, 2.24) is 0 Å². The number of rotatable bonds is 11. The fourth-order valence-corrected chi connectivity index (χ4v) is 4.31. The number of benzene rings is 1. The summed E-state index contributed by atoms with van der Waals surface area (Å²) in [6.45, 7) is 5.72. The van der Waals surface area contributed by atoms with Crippen LogP contribution in [0, 0.1) is 17.8 Å². The molecule has 0 saturated heterocycles. The number of unbranched alkanes of at least 4 members (excludes halogenated alkanes) is 2. The Hall–Kier alpha value is -1.28. The Morgan fingerprint density at radius 1 is 0.958 bits per heavy atom. The van der Waals surface area contributed by atoms with Gasteiger partial charge in [-0.05, 0) is 80.4 Å². The summed E-state index contributed by atoms with van der Waals surface area (Å²) < 4.78 is 10.8. The maximum absolute atomic E-state index is 5.76. The van der Waals surface area contributed by atoms with Crippen LogP contribution in [0.5, 0.6) is 5.75 Å². The zero-order valence-corrected chi connectivity index (χ0v) is 15.1. The van der Waals surface area contributed by atoms with Crippen LogP contribution in [0.1, 0.15) is 50.5 Å². The summed E-state index contributed by atoms with van der Waals surface area (Å²) in [5.74, 6) is 4.04. The van der Waals surface area contributed by atoms with Gasteiger partial charge < -0.3 is 9.47 Å². The molecule has 0 aromatic heterocycles. The summed E-state index contributed by atoms with van der Waals surface area (Å²) in [6.07, 6.45) is 10.1. The lowest BCUT2D eigenvalue weighted by molar-refractivity contribution is 0.184. The van der Waals surface area contributed by atoms with Gasteiger partial charge in [-0.3, -0.25) is 0 Å². The van der Waals surface area contributed by atoms with Crippen molar-refractivity contribution in [2.45, 2.75) is 51.4 Å². The van der Waals surface area contributed by atoms with Gasteiger partial charge in [-0.25, -0.2) is 0 Å². The minimum atomic E-state index is 0.777. The fourth-order valence-electron chi connectivity index (χ4n) is 4.31. The summed E-state index contributed by atoms with van der Waals surface area (Å²) in [6, 6.07) is 8.67. The third kappa shape index (κ3) is 4.86. The maximum Gasteiger partial charge on any atom is 0.119 e. The van der Waals surface area contributed by atoms with Crippen LogP contribution in [0.4, 0.5) is 0 Å². The second kappa shape index (κ2) is 8.71. The second-order valence-corrected chi connectivity index (χ2v) is 7.59. The molecule has 3 rings (SSSR count). The third-order valence-corrected chi connectivity index (χ3v) is 5.75. The molecule has 2 fully saturated rings. The van der Waals surface area contributed by atoms with E-state index in [1.165, 1.54) is 49.7 Å². The summed E-state index contributed by atoms with van der Waals surface area (Å²) in [7, 11) is 1.74. The summed E-state index contributed by atoms with van der Waals surface area (Å²) >= 11 is 0. The van der Waals surface area contributed by atoms with Crippen LogP contribution in [0.25, 0.3) is 0 Å². The number of fused-ring (bicyclic) bond motifs is 1. The third-order valence-electron chi connectivity index (χ3n) is 5.75. The predicted molar refractivity (Wildman–Crippen MR) is 99.4 cm³/mol. The van der Waals surface area contributed by atoms with Crippen LogP contribution in [0.2, 0.25) is 0 Å². The molecule has 1 aromatic carbocycles. The highest BCUT2D eigenvalue weighted by Crippen LogP contribution is 2.60. The lowest BCUT2D eigenvalue weighted by atomic mass is 10.0. The van der Waals surface area contributed by atoms with Gasteiger partial charge in [-0.2, -0.15) is 0 Å². The predicted octanol–water partition coefficient (Wildman–Crippen LogP) is 5.42. The van der Waals surface area contributed by atoms with Gasteiger partial charge in [0.25, 0.3) is 0 Å². The summed E-state index contributed by atoms with van der Waals surface area (Å²) in [5, 5.41) is 0. The van der Waals surface area contributed by atoms with Crippen molar-refractivity contribution in [3.63, 3.8) is 0 Å². The molecule has 0 radical (unpaired) electrons. The molecule has 0 bridgehead atoms. The van der Waals surface area contributed by atoms with Crippen LogP contribution in [0.15, 0.2) is 36.4 Å². The van der Waals surface area contributed by atoms with E-state index in [4.69, 9.17) is 9.47 Å². The molecule has 2 saturated carbocycles. The lowest BCUT2D eigenvalue weighted by Gasteiger charge is -2.08. The highest BCUT2D eigenvalue weighted by atomic mass is 16.5. The molecule has 0 spiro atoms. The Labute approximate surface area is 147 Å². The summed E-state index contributed by atoms with van der Waals surface area (Å²) in [5.41, 5.74) is 2.94. The van der Waals surface area contributed by atoms with E-state index in [2.05, 4.69) is 30.8 Å². The number of hydrogen-bond donors (Lipinski definition) is 0. The van der Waals surface area contributed by atoms with Crippen LogP contribution in [0.3, 0.4) is 0 Å². The molecule has 2 nitrogen and oxygen atoms in total. The van der Waals surface area contributed by atoms with Crippen molar-refractivity contribution in [3.05, 3.63) is 42.0 Å². The van der Waals surface area contributed by atoms with Gasteiger partial charge in [0.05, 0.1) is 6.61 Å². The minimum Gasteiger partial charge on any atom is -0.494 e. The minimum absolute atomic E-state index is 0.777. The van der Waals surface area contributed by atoms with E-state index in [1.54, 1.807) is 7.11 Å². The van der Waals surface area contributed by atoms with E-state index >= 15 is 0 Å². The molecular formula is C22H32O2. The molecule has 0 aliphatic heterocycles. The van der Waals surface area contributed by atoms with E-state index in [-0.39, 0.29) is 0 Å². The van der Waals surface area contributed by atoms with Crippen molar-refractivity contribution < 1.29 is 9.47 Å². The van der Waals surface area contributed by atoms with Gasteiger partial charge in [0, 0.05) is 13.7 Å². The SMILES string of the molecule is C=C1CC2C(CCCCc3ccc(OCCCCOC)cc3)C2C1. The van der Waals surface area contributed by atoms with Gasteiger partial charge in [0.15, 0.2) is 0 Å². The first-order valence-corrected chi connectivity index (χ1v) is 9.65. The number of aryl methyl sites for hydroxylation is 1. The Kier molecular flexibility index (Phi) is 6.37. The molecule has 2 aliphatic rings. The Morgan fingerprint density at radius 3 is 2.38 bits per heavy atom. The second-order valence-electron chi connectivity index (χ2n) is 7.59. The van der Waals surface area contributed by atoms with Gasteiger partial charge in [0.2, 0.25) is 0 Å². The average molecular weight is 328 g/mol. The molecule has 0 amide bonds. The Bertz CT molecular complexity index is 505. The van der Waals surface area contributed by atoms with E-state index in [0.717, 1.165) is 49.6 Å². The van der Waals surface area contributed by atoms with Crippen molar-refractivity contribution in [3.8, 4) is 5.75 Å². The van der Waals surface area contributed by atoms with Crippen LogP contribution in [-0.4, -0.2) is 20.3 Å². The van der Waals surface area contributed by atoms with E-state index < -0.39 is 0 Å². The molecule has 1 aromatic rings. The van der Waals surface area contributed by atoms with Crippen molar-refractivity contribution in [2.75, 3.05) is 20.3 Å². The van der Waals surface area contributed by atoms with Crippen LogP contribution in [-0.2, 0) is 11.2 Å². The molecule has 0 N–H and O–H groups in total. The Morgan fingerprint density at radius 2 is 1.67 bits per heavy atom. The zero-order chi connectivity index (χ0) is 16.8. The fraction of sp³-hybridized carbons (Fsp3) is 0.636. The highest BCUT2D eigenvalue weighted by Gasteiger charge is 2.52. The first-order valence-electron chi connectivity index (χ1n) is 9.65. The smallest absolute Gasteiger partial charge is 0.119 e. The van der Waals surface area contributed by atoms with Crippen molar-refractivity contribution in [1.29, 1.82) is 0 Å². The van der Waals surface area contributed by atoms with E-state index in [9.17, 15) is 0 Å². The van der Waals surface area contributed by atoms with Gasteiger partial charge >= 0.3 is 0 Å². The van der Waals surface area contributed by atoms with Gasteiger partial charge in [0.1, 0.15) is 5.75 Å². The molecule has 0 heterocycles. The number of allylic oxidation sites excluding steroid dienone is 1. The highest BCUT2D eigenvalue weighted by molar-refractivity contribution is 5.27. The van der Waals surface area contributed by atoms with Gasteiger partial charge in [-0.1, -0.05) is 30.7 Å². The first-order chi connectivity index (χ1) is 11.8. The molecule has 24 heavy (non-hydrogen) atoms. The molecule has 2 unspecified atom stereocenters. The number of methoxy groups -OCH3 is 1. The molecule has 2 heteroatoms. The number of ether oxygens (including phenoxy) is 2. The lowest BCUT2D eigenvalue weighted by Crippen LogP contribution is -1.99. The quantitative estimate of drug-likeness (QED) is 0.399. The van der Waals surface area contributed by atoms with Gasteiger partial charge in [-0.15, -0.1) is 0 Å². The van der Waals surface area contributed by atoms with E-state index in [1.807, 2.05) is 0 Å². The van der Waals surface area contributed by atoms with Crippen LogP contribution >= 0.6 is 0 Å². The number of hydrogen-bond acceptors (Lipinski definition) is 2. The molecule has 2 atom stereocenters. The monoisotopic (exact) mass is 328 g/mol. The topological polar surface area (TPSA) is 18.5 Å². The van der Waals surface area contributed by atoms with Crippen molar-refractivity contribution in [2.24, 2.45) is 17.8 Å². The maximum atomic E-state index is 5.76.